The topological polar surface area (TPSA) is 91.6 Å². The van der Waals surface area contributed by atoms with Crippen LogP contribution in [0.2, 0.25) is 0 Å². The summed E-state index contributed by atoms with van der Waals surface area (Å²) >= 11 is 1.20. The van der Waals surface area contributed by atoms with Crippen LogP contribution in [0.1, 0.15) is 31.9 Å². The number of hydrogen-bond acceptors (Lipinski definition) is 6. The van der Waals surface area contributed by atoms with Gasteiger partial charge in [-0.2, -0.15) is 5.26 Å². The maximum Gasteiger partial charge on any atom is 0.231 e. The van der Waals surface area contributed by atoms with E-state index in [2.05, 4.69) is 21.6 Å². The fourth-order valence-electron chi connectivity index (χ4n) is 2.95. The van der Waals surface area contributed by atoms with E-state index in [1.165, 1.54) is 11.8 Å². The van der Waals surface area contributed by atoms with Crippen molar-refractivity contribution in [2.75, 3.05) is 5.75 Å². The van der Waals surface area contributed by atoms with Crippen LogP contribution in [0.4, 0.5) is 0 Å². The summed E-state index contributed by atoms with van der Waals surface area (Å²) in [6.45, 7) is 9.61. The van der Waals surface area contributed by atoms with Crippen LogP contribution in [-0.2, 0) is 4.79 Å². The minimum Gasteiger partial charge on any atom is -0.337 e. The van der Waals surface area contributed by atoms with Gasteiger partial charge in [0.25, 0.3) is 0 Å². The van der Waals surface area contributed by atoms with Gasteiger partial charge in [0.1, 0.15) is 16.9 Å². The van der Waals surface area contributed by atoms with Crippen molar-refractivity contribution in [3.05, 3.63) is 59.7 Å². The van der Waals surface area contributed by atoms with Crippen molar-refractivity contribution in [2.24, 2.45) is 5.92 Å². The standard InChI is InChI=1S/C25H27N5OS/c1-16(2)25(5,15-26)28-21(31)14-32-24-27-22(19-10-6-17(3)7-11-19)23(29-30-24)20-12-8-18(4)9-13-20/h6-13,16H,14H2,1-5H3,(H,28,31)/t25-/m1/s1. The van der Waals surface area contributed by atoms with Gasteiger partial charge in [-0.3, -0.25) is 4.79 Å². The lowest BCUT2D eigenvalue weighted by atomic mass is 9.90. The first-order chi connectivity index (χ1) is 15.2. The largest absolute Gasteiger partial charge is 0.337 e. The lowest BCUT2D eigenvalue weighted by molar-refractivity contribution is -0.120. The van der Waals surface area contributed by atoms with Crippen LogP contribution in [-0.4, -0.2) is 32.4 Å². The first kappa shape index (κ1) is 23.4. The molecular formula is C25H27N5OS. The van der Waals surface area contributed by atoms with E-state index < -0.39 is 5.54 Å². The van der Waals surface area contributed by atoms with Crippen molar-refractivity contribution < 1.29 is 4.79 Å². The minimum absolute atomic E-state index is 0.0127. The van der Waals surface area contributed by atoms with E-state index in [9.17, 15) is 10.1 Å². The predicted octanol–water partition coefficient (Wildman–Crippen LogP) is 4.97. The maximum absolute atomic E-state index is 12.4. The van der Waals surface area contributed by atoms with Gasteiger partial charge >= 0.3 is 0 Å². The highest BCUT2D eigenvalue weighted by molar-refractivity contribution is 7.99. The molecule has 0 fully saturated rings. The Labute approximate surface area is 193 Å². The maximum atomic E-state index is 12.4. The summed E-state index contributed by atoms with van der Waals surface area (Å²) in [6.07, 6.45) is 0. The van der Waals surface area contributed by atoms with Crippen LogP contribution in [0.25, 0.3) is 22.5 Å². The van der Waals surface area contributed by atoms with Gasteiger partial charge in [-0.15, -0.1) is 10.2 Å². The Kier molecular flexibility index (Phi) is 7.26. The Balaban J connectivity index is 1.88. The smallest absolute Gasteiger partial charge is 0.231 e. The first-order valence-electron chi connectivity index (χ1n) is 10.5. The fourth-order valence-corrected chi connectivity index (χ4v) is 3.53. The number of nitrogens with one attached hydrogen (secondary N) is 1. The van der Waals surface area contributed by atoms with E-state index in [1.54, 1.807) is 6.92 Å². The Morgan fingerprint density at radius 3 is 2.03 bits per heavy atom. The Morgan fingerprint density at radius 2 is 1.53 bits per heavy atom. The molecule has 1 aromatic heterocycles. The molecular weight excluding hydrogens is 418 g/mol. The fraction of sp³-hybridized carbons (Fsp3) is 0.320. The number of nitrogens with zero attached hydrogens (tertiary/aromatic N) is 4. The van der Waals surface area contributed by atoms with Crippen LogP contribution in [0.15, 0.2) is 53.7 Å². The summed E-state index contributed by atoms with van der Waals surface area (Å²) in [7, 11) is 0. The van der Waals surface area contributed by atoms with E-state index in [0.717, 1.165) is 27.9 Å². The molecule has 1 amide bonds. The number of aromatic nitrogens is 3. The van der Waals surface area contributed by atoms with Crippen LogP contribution < -0.4 is 5.32 Å². The SMILES string of the molecule is Cc1ccc(-c2nnc(SCC(=O)N[C@](C)(C#N)C(C)C)nc2-c2ccc(C)cc2)cc1. The van der Waals surface area contributed by atoms with Crippen molar-refractivity contribution in [3.8, 4) is 28.6 Å². The Morgan fingerprint density at radius 1 is 1.00 bits per heavy atom. The molecule has 164 valence electrons. The highest BCUT2D eigenvalue weighted by Gasteiger charge is 2.30. The van der Waals surface area contributed by atoms with Gasteiger partial charge in [-0.1, -0.05) is 85.3 Å². The Bertz CT molecular complexity index is 1140. The van der Waals surface area contributed by atoms with E-state index in [-0.39, 0.29) is 17.6 Å². The third kappa shape index (κ3) is 5.51. The molecule has 0 unspecified atom stereocenters. The molecule has 0 saturated carbocycles. The van der Waals surface area contributed by atoms with Crippen molar-refractivity contribution in [1.29, 1.82) is 5.26 Å². The van der Waals surface area contributed by atoms with Crippen molar-refractivity contribution in [3.63, 3.8) is 0 Å². The van der Waals surface area contributed by atoms with Gasteiger partial charge in [-0.05, 0) is 26.7 Å². The van der Waals surface area contributed by atoms with Crippen LogP contribution >= 0.6 is 11.8 Å². The first-order valence-corrected chi connectivity index (χ1v) is 11.4. The molecule has 1 N–H and O–H groups in total. The van der Waals surface area contributed by atoms with Crippen LogP contribution in [0.5, 0.6) is 0 Å². The second-order valence-corrected chi connectivity index (χ2v) is 9.27. The zero-order chi connectivity index (χ0) is 23.3. The number of rotatable bonds is 7. The molecule has 0 aliphatic heterocycles. The zero-order valence-corrected chi connectivity index (χ0v) is 19.8. The van der Waals surface area contributed by atoms with Crippen molar-refractivity contribution >= 4 is 17.7 Å². The highest BCUT2D eigenvalue weighted by atomic mass is 32.2. The predicted molar refractivity (Wildman–Crippen MR) is 128 cm³/mol. The van der Waals surface area contributed by atoms with Crippen LogP contribution in [0.3, 0.4) is 0 Å². The molecule has 32 heavy (non-hydrogen) atoms. The van der Waals surface area contributed by atoms with E-state index in [4.69, 9.17) is 4.98 Å². The number of nitriles is 1. The molecule has 6 nitrogen and oxygen atoms in total. The molecule has 0 aliphatic carbocycles. The molecule has 3 aromatic rings. The summed E-state index contributed by atoms with van der Waals surface area (Å²) in [4.78, 5) is 17.2. The lowest BCUT2D eigenvalue weighted by Gasteiger charge is -2.27. The Hall–Kier alpha value is -3.24. The summed E-state index contributed by atoms with van der Waals surface area (Å²) in [5.74, 6) is -0.153. The number of carbonyl (C=O) groups excluding carboxylic acids is 1. The van der Waals surface area contributed by atoms with E-state index in [0.29, 0.717) is 10.9 Å². The van der Waals surface area contributed by atoms with Gasteiger partial charge in [0.15, 0.2) is 0 Å². The number of amides is 1. The molecule has 0 radical (unpaired) electrons. The highest BCUT2D eigenvalue weighted by Crippen LogP contribution is 2.30. The van der Waals surface area contributed by atoms with E-state index in [1.807, 2.05) is 76.2 Å². The zero-order valence-electron chi connectivity index (χ0n) is 19.0. The van der Waals surface area contributed by atoms with Gasteiger partial charge in [0.05, 0.1) is 11.8 Å². The number of thioether (sulfide) groups is 1. The molecule has 0 aliphatic rings. The third-order valence-electron chi connectivity index (χ3n) is 5.44. The third-order valence-corrected chi connectivity index (χ3v) is 6.27. The molecule has 0 bridgehead atoms. The van der Waals surface area contributed by atoms with Gasteiger partial charge in [0.2, 0.25) is 11.1 Å². The van der Waals surface area contributed by atoms with Gasteiger partial charge < -0.3 is 5.32 Å². The lowest BCUT2D eigenvalue weighted by Crippen LogP contribution is -2.49. The summed E-state index contributed by atoms with van der Waals surface area (Å²) in [6, 6.07) is 18.4. The van der Waals surface area contributed by atoms with Gasteiger partial charge in [0, 0.05) is 11.1 Å². The van der Waals surface area contributed by atoms with Crippen molar-refractivity contribution in [2.45, 2.75) is 45.3 Å². The number of benzene rings is 2. The quantitative estimate of drug-likeness (QED) is 0.516. The number of carbonyl (C=O) groups is 1. The molecule has 3 rings (SSSR count). The minimum atomic E-state index is -0.918. The average molecular weight is 446 g/mol. The normalized spacial score (nSPS) is 12.8. The second kappa shape index (κ2) is 9.92. The molecule has 1 heterocycles. The average Bonchev–Trinajstić information content (AvgIpc) is 2.78. The molecule has 2 aromatic carbocycles. The molecule has 7 heteroatoms. The number of aryl methyl sites for hydroxylation is 2. The van der Waals surface area contributed by atoms with Crippen LogP contribution in [0, 0.1) is 31.1 Å². The van der Waals surface area contributed by atoms with Crippen molar-refractivity contribution in [1.82, 2.24) is 20.5 Å². The van der Waals surface area contributed by atoms with Gasteiger partial charge in [-0.25, -0.2) is 4.98 Å². The molecule has 0 spiro atoms. The second-order valence-electron chi connectivity index (χ2n) is 8.33. The summed E-state index contributed by atoms with van der Waals surface area (Å²) in [5, 5.41) is 21.4. The number of hydrogen-bond donors (Lipinski definition) is 1. The summed E-state index contributed by atoms with van der Waals surface area (Å²) in [5.41, 5.74) is 4.68. The summed E-state index contributed by atoms with van der Waals surface area (Å²) < 4.78 is 0. The van der Waals surface area contributed by atoms with E-state index >= 15 is 0 Å². The monoisotopic (exact) mass is 445 g/mol. The molecule has 0 saturated heterocycles. The molecule has 1 atom stereocenters.